The monoisotopic (exact) mass is 130 g/mol. The molecule has 1 aliphatic rings. The minimum atomic E-state index is -0.505. The van der Waals surface area contributed by atoms with E-state index in [2.05, 4.69) is 5.32 Å². The van der Waals surface area contributed by atoms with Crippen LogP contribution in [0.1, 0.15) is 0 Å². The highest BCUT2D eigenvalue weighted by Crippen LogP contribution is 2.05. The molecule has 0 aromatic heterocycles. The summed E-state index contributed by atoms with van der Waals surface area (Å²) in [5, 5.41) is 11.1. The Morgan fingerprint density at radius 2 is 2.56 bits per heavy atom. The highest BCUT2D eigenvalue weighted by atomic mass is 16.3. The summed E-state index contributed by atoms with van der Waals surface area (Å²) in [5.74, 6) is -0.244. The van der Waals surface area contributed by atoms with Gasteiger partial charge in [0.1, 0.15) is 0 Å². The summed E-state index contributed by atoms with van der Waals surface area (Å²) < 4.78 is 0. The van der Waals surface area contributed by atoms with Crippen LogP contribution in [-0.2, 0) is 4.79 Å². The number of nitrogens with two attached hydrogens (primary N) is 1. The predicted molar refractivity (Wildman–Crippen MR) is 31.6 cm³/mol. The van der Waals surface area contributed by atoms with Crippen LogP contribution in [0.3, 0.4) is 0 Å². The molecule has 1 heterocycles. The van der Waals surface area contributed by atoms with Gasteiger partial charge in [-0.25, -0.2) is 0 Å². The number of carbonyl (C=O) groups excluding carboxylic acids is 1. The van der Waals surface area contributed by atoms with Crippen molar-refractivity contribution in [1.29, 1.82) is 0 Å². The van der Waals surface area contributed by atoms with Crippen LogP contribution in [0, 0.1) is 5.92 Å². The average Bonchev–Trinajstić information content (AvgIpc) is 2.15. The molecule has 0 aromatic rings. The van der Waals surface area contributed by atoms with Gasteiger partial charge in [0, 0.05) is 19.1 Å². The molecule has 4 heteroatoms. The first-order valence-corrected chi connectivity index (χ1v) is 2.90. The van der Waals surface area contributed by atoms with Gasteiger partial charge in [-0.15, -0.1) is 0 Å². The highest BCUT2D eigenvalue weighted by Gasteiger charge is 2.30. The van der Waals surface area contributed by atoms with E-state index in [0.717, 1.165) is 0 Å². The lowest BCUT2D eigenvalue weighted by molar-refractivity contribution is -0.120. The molecule has 0 spiro atoms. The lowest BCUT2D eigenvalue weighted by atomic mass is 10.1. The van der Waals surface area contributed by atoms with E-state index in [0.29, 0.717) is 6.54 Å². The number of hydrogen-bond acceptors (Lipinski definition) is 3. The third kappa shape index (κ3) is 1.04. The van der Waals surface area contributed by atoms with Crippen LogP contribution in [0.2, 0.25) is 0 Å². The first-order chi connectivity index (χ1) is 4.25. The first-order valence-electron chi connectivity index (χ1n) is 2.90. The van der Waals surface area contributed by atoms with E-state index in [9.17, 15) is 4.79 Å². The fourth-order valence-electron chi connectivity index (χ4n) is 0.869. The van der Waals surface area contributed by atoms with E-state index in [1.807, 2.05) is 0 Å². The van der Waals surface area contributed by atoms with Crippen molar-refractivity contribution in [3.63, 3.8) is 0 Å². The molecule has 4 N–H and O–H groups in total. The van der Waals surface area contributed by atoms with Gasteiger partial charge in [-0.1, -0.05) is 0 Å². The van der Waals surface area contributed by atoms with E-state index in [-0.39, 0.29) is 18.4 Å². The fourth-order valence-corrected chi connectivity index (χ4v) is 0.869. The number of aliphatic hydroxyl groups excluding tert-OH is 1. The summed E-state index contributed by atoms with van der Waals surface area (Å²) in [4.78, 5) is 10.6. The molecule has 0 saturated carbocycles. The smallest absolute Gasteiger partial charge is 0.237 e. The van der Waals surface area contributed by atoms with Gasteiger partial charge in [0.2, 0.25) is 5.91 Å². The Morgan fingerprint density at radius 1 is 1.89 bits per heavy atom. The Bertz CT molecular complexity index is 126. The van der Waals surface area contributed by atoms with Crippen molar-refractivity contribution in [3.8, 4) is 0 Å². The zero-order valence-electron chi connectivity index (χ0n) is 5.00. The molecule has 9 heavy (non-hydrogen) atoms. The second-order valence-corrected chi connectivity index (χ2v) is 2.21. The predicted octanol–water partition coefficient (Wildman–Crippen LogP) is -1.95. The van der Waals surface area contributed by atoms with Gasteiger partial charge in [-0.3, -0.25) is 4.79 Å². The van der Waals surface area contributed by atoms with Crippen LogP contribution in [0.5, 0.6) is 0 Å². The van der Waals surface area contributed by atoms with Crippen LogP contribution >= 0.6 is 0 Å². The second-order valence-electron chi connectivity index (χ2n) is 2.21. The van der Waals surface area contributed by atoms with E-state index in [4.69, 9.17) is 10.8 Å². The van der Waals surface area contributed by atoms with Crippen LogP contribution in [0.4, 0.5) is 0 Å². The van der Waals surface area contributed by atoms with Gasteiger partial charge < -0.3 is 16.2 Å². The average molecular weight is 130 g/mol. The second kappa shape index (κ2) is 2.33. The molecule has 0 aromatic carbocycles. The van der Waals surface area contributed by atoms with Crippen molar-refractivity contribution in [2.24, 2.45) is 11.7 Å². The standard InChI is InChI=1S/C5H10N2O2/c6-4-3(2-8)1-7-5(4)9/h3-4,8H,1-2,6H2,(H,7,9). The number of carbonyl (C=O) groups is 1. The van der Waals surface area contributed by atoms with Crippen LogP contribution in [0.15, 0.2) is 0 Å². The number of nitrogens with one attached hydrogen (secondary N) is 1. The maximum absolute atomic E-state index is 10.6. The first kappa shape index (κ1) is 6.51. The van der Waals surface area contributed by atoms with Crippen molar-refractivity contribution in [2.45, 2.75) is 6.04 Å². The molecule has 2 atom stereocenters. The Morgan fingerprint density at radius 3 is 2.78 bits per heavy atom. The van der Waals surface area contributed by atoms with Crippen LogP contribution < -0.4 is 11.1 Å². The summed E-state index contributed by atoms with van der Waals surface area (Å²) in [6.45, 7) is 0.496. The van der Waals surface area contributed by atoms with E-state index >= 15 is 0 Å². The van der Waals surface area contributed by atoms with Gasteiger partial charge in [0.15, 0.2) is 0 Å². The lowest BCUT2D eigenvalue weighted by Gasteiger charge is -2.05. The Hall–Kier alpha value is -0.610. The maximum Gasteiger partial charge on any atom is 0.237 e. The molecule has 0 radical (unpaired) electrons. The minimum absolute atomic E-state index is 0.0140. The third-order valence-electron chi connectivity index (χ3n) is 1.58. The normalized spacial score (nSPS) is 34.7. The maximum atomic E-state index is 10.6. The molecule has 52 valence electrons. The molecule has 0 aliphatic carbocycles. The highest BCUT2D eigenvalue weighted by molar-refractivity contribution is 5.84. The van der Waals surface area contributed by atoms with Crippen molar-refractivity contribution >= 4 is 5.91 Å². The molecule has 1 rings (SSSR count). The molecular weight excluding hydrogens is 120 g/mol. The zero-order chi connectivity index (χ0) is 6.85. The minimum Gasteiger partial charge on any atom is -0.396 e. The SMILES string of the molecule is NC1C(=O)NCC1CO. The number of rotatable bonds is 1. The molecule has 2 unspecified atom stereocenters. The van der Waals surface area contributed by atoms with Crippen molar-refractivity contribution in [3.05, 3.63) is 0 Å². The quantitative estimate of drug-likeness (QED) is 0.386. The lowest BCUT2D eigenvalue weighted by Crippen LogP contribution is -2.35. The topological polar surface area (TPSA) is 75.4 Å². The van der Waals surface area contributed by atoms with E-state index < -0.39 is 6.04 Å². The van der Waals surface area contributed by atoms with Crippen LogP contribution in [-0.4, -0.2) is 30.2 Å². The zero-order valence-corrected chi connectivity index (χ0v) is 5.00. The van der Waals surface area contributed by atoms with Crippen molar-refractivity contribution in [1.82, 2.24) is 5.32 Å². The summed E-state index contributed by atoms with van der Waals surface area (Å²) in [6, 6.07) is -0.505. The van der Waals surface area contributed by atoms with E-state index in [1.54, 1.807) is 0 Å². The van der Waals surface area contributed by atoms with Gasteiger partial charge in [-0.2, -0.15) is 0 Å². The molecule has 0 bridgehead atoms. The molecule has 1 amide bonds. The van der Waals surface area contributed by atoms with Gasteiger partial charge in [-0.05, 0) is 0 Å². The van der Waals surface area contributed by atoms with Gasteiger partial charge in [0.25, 0.3) is 0 Å². The fraction of sp³-hybridized carbons (Fsp3) is 0.800. The molecule has 4 nitrogen and oxygen atoms in total. The summed E-state index contributed by atoms with van der Waals surface area (Å²) in [5.41, 5.74) is 5.36. The number of aliphatic hydroxyl groups is 1. The Labute approximate surface area is 53.0 Å². The summed E-state index contributed by atoms with van der Waals surface area (Å²) >= 11 is 0. The van der Waals surface area contributed by atoms with Gasteiger partial charge >= 0.3 is 0 Å². The van der Waals surface area contributed by atoms with Crippen molar-refractivity contribution < 1.29 is 9.90 Å². The van der Waals surface area contributed by atoms with Gasteiger partial charge in [0.05, 0.1) is 6.04 Å². The number of hydrogen-bond donors (Lipinski definition) is 3. The molecule has 1 fully saturated rings. The summed E-state index contributed by atoms with van der Waals surface area (Å²) in [6.07, 6.45) is 0. The Kier molecular flexibility index (Phi) is 1.68. The molecule has 1 saturated heterocycles. The third-order valence-corrected chi connectivity index (χ3v) is 1.58. The van der Waals surface area contributed by atoms with Crippen LogP contribution in [0.25, 0.3) is 0 Å². The number of amides is 1. The van der Waals surface area contributed by atoms with Crippen molar-refractivity contribution in [2.75, 3.05) is 13.2 Å². The largest absolute Gasteiger partial charge is 0.396 e. The molecular formula is C5H10N2O2. The Balaban J connectivity index is 2.51. The molecule has 1 aliphatic heterocycles. The summed E-state index contributed by atoms with van der Waals surface area (Å²) in [7, 11) is 0. The van der Waals surface area contributed by atoms with E-state index in [1.165, 1.54) is 0 Å².